The van der Waals surface area contributed by atoms with E-state index in [9.17, 15) is 0 Å². The second kappa shape index (κ2) is 6.61. The van der Waals surface area contributed by atoms with Gasteiger partial charge in [-0.1, -0.05) is 23.9 Å². The number of rotatable bonds is 6. The lowest BCUT2D eigenvalue weighted by atomic mass is 10.1. The summed E-state index contributed by atoms with van der Waals surface area (Å²) in [7, 11) is 1.66. The minimum atomic E-state index is 0.176. The van der Waals surface area contributed by atoms with E-state index in [4.69, 9.17) is 9.15 Å². The number of nitrogens with zero attached hydrogens (tertiary/aromatic N) is 5. The Labute approximate surface area is 131 Å². The second-order valence-electron chi connectivity index (χ2n) is 4.59. The van der Waals surface area contributed by atoms with Crippen LogP contribution < -0.4 is 4.74 Å². The summed E-state index contributed by atoms with van der Waals surface area (Å²) in [6.45, 7) is 2.50. The van der Waals surface area contributed by atoms with Crippen LogP contribution in [0.1, 0.15) is 23.6 Å². The third kappa shape index (κ3) is 3.45. The molecule has 1 unspecified atom stereocenters. The Hall–Kier alpha value is -2.35. The Morgan fingerprint density at radius 3 is 3.05 bits per heavy atom. The van der Waals surface area contributed by atoms with Gasteiger partial charge in [0.05, 0.1) is 7.11 Å². The Morgan fingerprint density at radius 1 is 1.36 bits per heavy atom. The molecule has 0 radical (unpaired) electrons. The molecule has 0 aliphatic rings. The number of ether oxygens (including phenoxy) is 1. The van der Waals surface area contributed by atoms with E-state index in [0.29, 0.717) is 17.7 Å². The highest BCUT2D eigenvalue weighted by molar-refractivity contribution is 7.99. The first-order chi connectivity index (χ1) is 10.7. The van der Waals surface area contributed by atoms with Crippen molar-refractivity contribution in [2.45, 2.75) is 23.9 Å². The molecule has 3 aromatic rings. The highest BCUT2D eigenvalue weighted by Gasteiger charge is 2.14. The van der Waals surface area contributed by atoms with E-state index < -0.39 is 0 Å². The molecule has 3 rings (SSSR count). The molecular weight excluding hydrogens is 302 g/mol. The molecule has 0 saturated heterocycles. The Kier molecular flexibility index (Phi) is 4.38. The Morgan fingerprint density at radius 2 is 2.27 bits per heavy atom. The Balaban J connectivity index is 1.66. The highest BCUT2D eigenvalue weighted by Crippen LogP contribution is 2.35. The first-order valence-electron chi connectivity index (χ1n) is 6.70. The van der Waals surface area contributed by atoms with Gasteiger partial charge in [-0.15, -0.1) is 10.2 Å². The lowest BCUT2D eigenvalue weighted by Crippen LogP contribution is -1.99. The summed E-state index contributed by atoms with van der Waals surface area (Å²) in [4.78, 5) is 3.87. The molecule has 0 saturated carbocycles. The maximum atomic E-state index is 5.63. The zero-order chi connectivity index (χ0) is 15.4. The third-order valence-electron chi connectivity index (χ3n) is 3.05. The first-order valence-corrected chi connectivity index (χ1v) is 7.58. The monoisotopic (exact) mass is 317 g/mol. The maximum absolute atomic E-state index is 5.63. The average Bonchev–Trinajstić information content (AvgIpc) is 3.20. The molecule has 2 heterocycles. The number of hydrogen-bond donors (Lipinski definition) is 0. The van der Waals surface area contributed by atoms with Gasteiger partial charge in [-0.05, 0) is 24.6 Å². The molecule has 22 heavy (non-hydrogen) atoms. The smallest absolute Gasteiger partial charge is 0.277 e. The van der Waals surface area contributed by atoms with Gasteiger partial charge < -0.3 is 9.15 Å². The zero-order valence-corrected chi connectivity index (χ0v) is 13.0. The molecule has 0 N–H and O–H groups in total. The van der Waals surface area contributed by atoms with Crippen molar-refractivity contribution in [1.29, 1.82) is 0 Å². The second-order valence-corrected chi connectivity index (χ2v) is 5.88. The summed E-state index contributed by atoms with van der Waals surface area (Å²) in [6, 6.07) is 7.94. The van der Waals surface area contributed by atoms with Crippen LogP contribution in [0.4, 0.5) is 0 Å². The van der Waals surface area contributed by atoms with E-state index in [-0.39, 0.29) is 5.25 Å². The van der Waals surface area contributed by atoms with Crippen LogP contribution in [0.3, 0.4) is 0 Å². The minimum Gasteiger partial charge on any atom is -0.497 e. The van der Waals surface area contributed by atoms with Crippen LogP contribution in [0, 0.1) is 0 Å². The summed E-state index contributed by atoms with van der Waals surface area (Å²) < 4.78 is 12.5. The van der Waals surface area contributed by atoms with Crippen LogP contribution in [0.5, 0.6) is 5.75 Å². The number of aromatic nitrogens is 5. The molecule has 1 aromatic carbocycles. The molecule has 8 heteroatoms. The fourth-order valence-electron chi connectivity index (χ4n) is 1.92. The van der Waals surface area contributed by atoms with Crippen molar-refractivity contribution in [3.8, 4) is 5.75 Å². The van der Waals surface area contributed by atoms with Crippen LogP contribution in [0.2, 0.25) is 0 Å². The molecule has 0 fully saturated rings. The van der Waals surface area contributed by atoms with E-state index in [1.807, 2.05) is 24.3 Å². The van der Waals surface area contributed by atoms with Gasteiger partial charge in [0.1, 0.15) is 24.9 Å². The lowest BCUT2D eigenvalue weighted by molar-refractivity contribution is 0.397. The highest BCUT2D eigenvalue weighted by atomic mass is 32.2. The van der Waals surface area contributed by atoms with Gasteiger partial charge in [-0.25, -0.2) is 9.67 Å². The fraction of sp³-hybridized carbons (Fsp3) is 0.286. The molecular formula is C14H15N5O2S. The van der Waals surface area contributed by atoms with Gasteiger partial charge >= 0.3 is 0 Å². The van der Waals surface area contributed by atoms with Gasteiger partial charge in [0, 0.05) is 5.25 Å². The van der Waals surface area contributed by atoms with E-state index in [1.54, 1.807) is 18.1 Å². The summed E-state index contributed by atoms with van der Waals surface area (Å²) in [6.07, 6.45) is 3.08. The van der Waals surface area contributed by atoms with Gasteiger partial charge in [0.2, 0.25) is 5.89 Å². The van der Waals surface area contributed by atoms with Crippen molar-refractivity contribution in [3.63, 3.8) is 0 Å². The van der Waals surface area contributed by atoms with Crippen molar-refractivity contribution in [3.05, 3.63) is 48.4 Å². The van der Waals surface area contributed by atoms with Crippen LogP contribution in [0.25, 0.3) is 0 Å². The van der Waals surface area contributed by atoms with Gasteiger partial charge in [0.15, 0.2) is 0 Å². The van der Waals surface area contributed by atoms with E-state index >= 15 is 0 Å². The normalized spacial score (nSPS) is 12.3. The molecule has 114 valence electrons. The molecule has 0 bridgehead atoms. The molecule has 0 amide bonds. The van der Waals surface area contributed by atoms with Crippen LogP contribution >= 0.6 is 11.8 Å². The molecule has 0 spiro atoms. The van der Waals surface area contributed by atoms with E-state index in [0.717, 1.165) is 11.3 Å². The van der Waals surface area contributed by atoms with Gasteiger partial charge in [-0.2, -0.15) is 5.10 Å². The third-order valence-corrected chi connectivity index (χ3v) is 4.05. The predicted molar refractivity (Wildman–Crippen MR) is 80.7 cm³/mol. The van der Waals surface area contributed by atoms with Crippen LogP contribution in [-0.2, 0) is 6.54 Å². The van der Waals surface area contributed by atoms with Gasteiger partial charge in [-0.3, -0.25) is 0 Å². The van der Waals surface area contributed by atoms with Crippen molar-refractivity contribution < 1.29 is 9.15 Å². The standard InChI is InChI=1S/C14H15N5O2S/c1-10(11-4-3-5-12(6-11)20-2)22-14-18-17-13(21-14)7-19-9-15-8-16-19/h3-6,8-10H,7H2,1-2H3. The SMILES string of the molecule is COc1cccc(C(C)Sc2nnc(Cn3cncn3)o2)c1. The van der Waals surface area contributed by atoms with Crippen molar-refractivity contribution >= 4 is 11.8 Å². The molecule has 7 nitrogen and oxygen atoms in total. The number of methoxy groups -OCH3 is 1. The topological polar surface area (TPSA) is 78.9 Å². The van der Waals surface area contributed by atoms with Crippen molar-refractivity contribution in [2.75, 3.05) is 7.11 Å². The zero-order valence-electron chi connectivity index (χ0n) is 12.2. The Bertz CT molecular complexity index is 728. The summed E-state index contributed by atoms with van der Waals surface area (Å²) in [5, 5.41) is 12.8. The van der Waals surface area contributed by atoms with Crippen molar-refractivity contribution in [2.24, 2.45) is 0 Å². The number of hydrogen-bond acceptors (Lipinski definition) is 7. The lowest BCUT2D eigenvalue weighted by Gasteiger charge is -2.10. The van der Waals surface area contributed by atoms with Crippen molar-refractivity contribution in [1.82, 2.24) is 25.0 Å². The van der Waals surface area contributed by atoms with E-state index in [2.05, 4.69) is 27.2 Å². The summed E-state index contributed by atoms with van der Waals surface area (Å²) in [5.41, 5.74) is 1.14. The fourth-order valence-corrected chi connectivity index (χ4v) is 2.73. The molecule has 1 atom stereocenters. The summed E-state index contributed by atoms with van der Waals surface area (Å²) >= 11 is 1.51. The quantitative estimate of drug-likeness (QED) is 0.646. The van der Waals surface area contributed by atoms with Crippen LogP contribution in [0.15, 0.2) is 46.6 Å². The average molecular weight is 317 g/mol. The molecule has 0 aliphatic heterocycles. The minimum absolute atomic E-state index is 0.176. The van der Waals surface area contributed by atoms with Crippen LogP contribution in [-0.4, -0.2) is 32.1 Å². The van der Waals surface area contributed by atoms with E-state index in [1.165, 1.54) is 18.1 Å². The maximum Gasteiger partial charge on any atom is 0.277 e. The number of benzene rings is 1. The summed E-state index contributed by atoms with van der Waals surface area (Å²) in [5.74, 6) is 1.34. The molecule has 0 aliphatic carbocycles. The first kappa shape index (κ1) is 14.6. The molecule has 2 aromatic heterocycles. The number of thioether (sulfide) groups is 1. The largest absolute Gasteiger partial charge is 0.497 e. The van der Waals surface area contributed by atoms with Gasteiger partial charge in [0.25, 0.3) is 5.22 Å². The predicted octanol–water partition coefficient (Wildman–Crippen LogP) is 2.57.